The topological polar surface area (TPSA) is 64.0 Å². The summed E-state index contributed by atoms with van der Waals surface area (Å²) in [6.45, 7) is 4.34. The summed E-state index contributed by atoms with van der Waals surface area (Å²) in [6, 6.07) is 15.2. The van der Waals surface area contributed by atoms with Gasteiger partial charge in [-0.2, -0.15) is 0 Å². The molecule has 27 heavy (non-hydrogen) atoms. The molecule has 0 spiro atoms. The van der Waals surface area contributed by atoms with Crippen molar-refractivity contribution in [1.82, 2.24) is 9.55 Å². The van der Waals surface area contributed by atoms with Gasteiger partial charge in [-0.3, -0.25) is 14.2 Å². The summed E-state index contributed by atoms with van der Waals surface area (Å²) in [5.74, 6) is 0.565. The van der Waals surface area contributed by atoms with Gasteiger partial charge in [-0.1, -0.05) is 49.9 Å². The average molecular weight is 382 g/mol. The van der Waals surface area contributed by atoms with Crippen LogP contribution in [0, 0.1) is 0 Å². The number of hydrogen-bond donors (Lipinski definition) is 1. The minimum Gasteiger partial charge on any atom is -0.325 e. The Labute approximate surface area is 162 Å². The van der Waals surface area contributed by atoms with E-state index in [9.17, 15) is 9.59 Å². The largest absolute Gasteiger partial charge is 0.325 e. The summed E-state index contributed by atoms with van der Waals surface area (Å²) in [5.41, 5.74) is 2.57. The molecule has 1 N–H and O–H groups in total. The van der Waals surface area contributed by atoms with Gasteiger partial charge >= 0.3 is 0 Å². The van der Waals surface area contributed by atoms with E-state index in [0.29, 0.717) is 22.0 Å². The minimum absolute atomic E-state index is 0.107. The zero-order chi connectivity index (χ0) is 19.4. The number of hydrogen-bond acceptors (Lipinski definition) is 4. The van der Waals surface area contributed by atoms with Crippen LogP contribution in [0.5, 0.6) is 0 Å². The third-order valence-corrected chi connectivity index (χ3v) is 5.68. The van der Waals surface area contributed by atoms with E-state index < -0.39 is 0 Å². The molecule has 5 nitrogen and oxygen atoms in total. The van der Waals surface area contributed by atoms with Gasteiger partial charge in [0.1, 0.15) is 0 Å². The van der Waals surface area contributed by atoms with Gasteiger partial charge < -0.3 is 5.32 Å². The van der Waals surface area contributed by atoms with Crippen LogP contribution in [0.1, 0.15) is 31.7 Å². The highest BCUT2D eigenvalue weighted by molar-refractivity contribution is 7.99. The maximum Gasteiger partial charge on any atom is 0.261 e. The minimum atomic E-state index is -0.126. The van der Waals surface area contributed by atoms with E-state index in [1.54, 1.807) is 19.2 Å². The highest BCUT2D eigenvalue weighted by Gasteiger charge is 2.11. The van der Waals surface area contributed by atoms with E-state index in [1.807, 2.05) is 36.4 Å². The second-order valence-corrected chi connectivity index (χ2v) is 7.49. The highest BCUT2D eigenvalue weighted by atomic mass is 32.2. The lowest BCUT2D eigenvalue weighted by molar-refractivity contribution is -0.113. The number of amides is 1. The summed E-state index contributed by atoms with van der Waals surface area (Å²) in [4.78, 5) is 29.2. The second-order valence-electron chi connectivity index (χ2n) is 6.54. The van der Waals surface area contributed by atoms with Crippen molar-refractivity contribution in [2.75, 3.05) is 11.1 Å². The van der Waals surface area contributed by atoms with E-state index >= 15 is 0 Å². The summed E-state index contributed by atoms with van der Waals surface area (Å²) >= 11 is 1.25. The van der Waals surface area contributed by atoms with Crippen molar-refractivity contribution < 1.29 is 4.79 Å². The molecule has 0 fully saturated rings. The molecule has 3 rings (SSSR count). The van der Waals surface area contributed by atoms with Gasteiger partial charge in [-0.05, 0) is 42.2 Å². The molecule has 0 aliphatic carbocycles. The number of thioether (sulfide) groups is 1. The summed E-state index contributed by atoms with van der Waals surface area (Å²) < 4.78 is 1.49. The molecule has 0 radical (unpaired) electrons. The van der Waals surface area contributed by atoms with Crippen molar-refractivity contribution in [3.63, 3.8) is 0 Å². The SMILES string of the molecule is CCC(C)c1ccc(NC(=O)CSc2nc3ccccc3c(=O)n2C)cc1. The Morgan fingerprint density at radius 2 is 1.89 bits per heavy atom. The number of fused-ring (bicyclic) bond motifs is 1. The molecule has 2 aromatic carbocycles. The third-order valence-electron chi connectivity index (χ3n) is 4.65. The number of para-hydroxylation sites is 1. The first-order chi connectivity index (χ1) is 13.0. The number of nitrogens with zero attached hydrogens (tertiary/aromatic N) is 2. The van der Waals surface area contributed by atoms with E-state index in [4.69, 9.17) is 0 Å². The zero-order valence-electron chi connectivity index (χ0n) is 15.7. The maximum atomic E-state index is 12.4. The van der Waals surface area contributed by atoms with E-state index in [-0.39, 0.29) is 17.2 Å². The van der Waals surface area contributed by atoms with Crippen LogP contribution in [0.25, 0.3) is 10.9 Å². The van der Waals surface area contributed by atoms with Crippen LogP contribution in [0.4, 0.5) is 5.69 Å². The fourth-order valence-corrected chi connectivity index (χ4v) is 3.56. The number of nitrogens with one attached hydrogen (secondary N) is 1. The molecule has 6 heteroatoms. The van der Waals surface area contributed by atoms with Crippen molar-refractivity contribution in [1.29, 1.82) is 0 Å². The van der Waals surface area contributed by atoms with Crippen molar-refractivity contribution >= 4 is 34.3 Å². The molecule has 1 amide bonds. The lowest BCUT2D eigenvalue weighted by Crippen LogP contribution is -2.21. The number of benzene rings is 2. The van der Waals surface area contributed by atoms with Crippen LogP contribution in [0.3, 0.4) is 0 Å². The Morgan fingerprint density at radius 3 is 2.59 bits per heavy atom. The number of rotatable bonds is 6. The van der Waals surface area contributed by atoms with E-state index in [1.165, 1.54) is 21.9 Å². The number of carbonyl (C=O) groups is 1. The molecule has 0 aliphatic heterocycles. The lowest BCUT2D eigenvalue weighted by atomic mass is 9.99. The predicted molar refractivity (Wildman–Crippen MR) is 111 cm³/mol. The molecule has 140 valence electrons. The number of carbonyl (C=O) groups excluding carboxylic acids is 1. The van der Waals surface area contributed by atoms with E-state index in [0.717, 1.165) is 12.1 Å². The zero-order valence-corrected chi connectivity index (χ0v) is 16.5. The normalized spacial score (nSPS) is 12.1. The number of aromatic nitrogens is 2. The van der Waals surface area contributed by atoms with E-state index in [2.05, 4.69) is 24.1 Å². The van der Waals surface area contributed by atoms with Crippen LogP contribution >= 0.6 is 11.8 Å². The Hall–Kier alpha value is -2.60. The molecule has 0 saturated carbocycles. The summed E-state index contributed by atoms with van der Waals surface area (Å²) in [5, 5.41) is 4.00. The molecular weight excluding hydrogens is 358 g/mol. The van der Waals surface area contributed by atoms with Gasteiger partial charge in [0.05, 0.1) is 16.7 Å². The fraction of sp³-hybridized carbons (Fsp3) is 0.286. The smallest absolute Gasteiger partial charge is 0.261 e. The molecule has 1 aromatic heterocycles. The molecule has 1 unspecified atom stereocenters. The Kier molecular flexibility index (Phi) is 5.96. The molecular formula is C21H23N3O2S. The van der Waals surface area contributed by atoms with Crippen molar-refractivity contribution in [3.05, 3.63) is 64.4 Å². The molecule has 0 bridgehead atoms. The Bertz CT molecular complexity index is 1010. The predicted octanol–water partition coefficient (Wildman–Crippen LogP) is 4.18. The van der Waals surface area contributed by atoms with Crippen LogP contribution in [-0.4, -0.2) is 21.2 Å². The maximum absolute atomic E-state index is 12.4. The van der Waals surface area contributed by atoms with Gasteiger partial charge in [0.25, 0.3) is 5.56 Å². The molecule has 0 aliphatic rings. The quantitative estimate of drug-likeness (QED) is 0.514. The molecule has 1 atom stereocenters. The van der Waals surface area contributed by atoms with Crippen LogP contribution in [0.2, 0.25) is 0 Å². The van der Waals surface area contributed by atoms with Crippen molar-refractivity contribution in [3.8, 4) is 0 Å². The van der Waals surface area contributed by atoms with Gasteiger partial charge in [-0.25, -0.2) is 4.98 Å². The monoisotopic (exact) mass is 381 g/mol. The molecule has 0 saturated heterocycles. The Balaban J connectivity index is 1.66. The first-order valence-electron chi connectivity index (χ1n) is 8.98. The van der Waals surface area contributed by atoms with Crippen molar-refractivity contribution in [2.24, 2.45) is 7.05 Å². The standard InChI is InChI=1S/C21H23N3O2S/c1-4-14(2)15-9-11-16(12-10-15)22-19(25)13-27-21-23-18-8-6-5-7-17(18)20(26)24(21)3/h5-12,14H,4,13H2,1-3H3,(H,22,25). The molecule has 1 heterocycles. The third kappa shape index (κ3) is 4.39. The van der Waals surface area contributed by atoms with Crippen LogP contribution in [0.15, 0.2) is 58.5 Å². The first kappa shape index (κ1) is 19.2. The first-order valence-corrected chi connectivity index (χ1v) is 9.96. The number of anilines is 1. The van der Waals surface area contributed by atoms with Crippen LogP contribution in [-0.2, 0) is 11.8 Å². The van der Waals surface area contributed by atoms with Crippen molar-refractivity contribution in [2.45, 2.75) is 31.3 Å². The Morgan fingerprint density at radius 1 is 1.19 bits per heavy atom. The van der Waals surface area contributed by atoms with Gasteiger partial charge in [0.15, 0.2) is 5.16 Å². The molecule has 3 aromatic rings. The van der Waals surface area contributed by atoms with Gasteiger partial charge in [0, 0.05) is 12.7 Å². The lowest BCUT2D eigenvalue weighted by Gasteiger charge is -2.11. The van der Waals surface area contributed by atoms with Crippen LogP contribution < -0.4 is 10.9 Å². The second kappa shape index (κ2) is 8.39. The fourth-order valence-electron chi connectivity index (χ4n) is 2.78. The average Bonchev–Trinajstić information content (AvgIpc) is 2.69. The van der Waals surface area contributed by atoms with Gasteiger partial charge in [0.2, 0.25) is 5.91 Å². The summed E-state index contributed by atoms with van der Waals surface area (Å²) in [6.07, 6.45) is 1.08. The highest BCUT2D eigenvalue weighted by Crippen LogP contribution is 2.21. The van der Waals surface area contributed by atoms with Gasteiger partial charge in [-0.15, -0.1) is 0 Å². The summed E-state index contributed by atoms with van der Waals surface area (Å²) in [7, 11) is 1.68.